The van der Waals surface area contributed by atoms with Crippen molar-refractivity contribution >= 4 is 35.1 Å². The van der Waals surface area contributed by atoms with Crippen molar-refractivity contribution in [2.24, 2.45) is 5.73 Å². The van der Waals surface area contributed by atoms with E-state index in [1.807, 2.05) is 0 Å². The van der Waals surface area contributed by atoms with Gasteiger partial charge in [0, 0.05) is 5.69 Å². The Morgan fingerprint density at radius 3 is 2.37 bits per heavy atom. The zero-order valence-electron chi connectivity index (χ0n) is 14.4. The van der Waals surface area contributed by atoms with E-state index >= 15 is 0 Å². The molecule has 0 unspecified atom stereocenters. The minimum Gasteiger partial charge on any atom is -0.495 e. The van der Waals surface area contributed by atoms with Crippen molar-refractivity contribution in [2.75, 3.05) is 25.6 Å². The van der Waals surface area contributed by atoms with E-state index in [1.165, 1.54) is 37.4 Å². The molecule has 0 radical (unpaired) electrons. The van der Waals surface area contributed by atoms with Gasteiger partial charge in [-0.2, -0.15) is 0 Å². The number of methoxy groups -OCH3 is 1. The van der Waals surface area contributed by atoms with E-state index in [0.29, 0.717) is 22.2 Å². The monoisotopic (exact) mass is 392 g/mol. The van der Waals surface area contributed by atoms with Crippen LogP contribution >= 0.6 is 11.6 Å². The van der Waals surface area contributed by atoms with E-state index in [-0.39, 0.29) is 12.2 Å². The molecule has 0 aliphatic heterocycles. The number of anilines is 1. The topological polar surface area (TPSA) is 117 Å². The Hall–Kier alpha value is -3.26. The van der Waals surface area contributed by atoms with Crippen LogP contribution in [-0.4, -0.2) is 38.1 Å². The number of nitrogens with two attached hydrogens (primary N) is 1. The van der Waals surface area contributed by atoms with Crippen molar-refractivity contribution in [3.05, 3.63) is 53.1 Å². The van der Waals surface area contributed by atoms with Gasteiger partial charge in [0.05, 0.1) is 17.7 Å². The maximum absolute atomic E-state index is 12.0. The molecule has 0 aliphatic rings. The molecule has 2 aromatic rings. The molecule has 2 aromatic carbocycles. The summed E-state index contributed by atoms with van der Waals surface area (Å²) in [5, 5.41) is 2.90. The molecule has 142 valence electrons. The number of esters is 1. The number of hydrogen-bond acceptors (Lipinski definition) is 6. The minimum atomic E-state index is -0.681. The number of carbonyl (C=O) groups excluding carboxylic acids is 3. The molecule has 27 heavy (non-hydrogen) atoms. The lowest BCUT2D eigenvalue weighted by Gasteiger charge is -2.09. The molecular formula is C18H17ClN2O6. The number of primary amides is 1. The highest BCUT2D eigenvalue weighted by molar-refractivity contribution is 6.32. The molecule has 0 atom stereocenters. The van der Waals surface area contributed by atoms with E-state index in [9.17, 15) is 14.4 Å². The lowest BCUT2D eigenvalue weighted by atomic mass is 10.2. The van der Waals surface area contributed by atoms with E-state index in [2.05, 4.69) is 5.32 Å². The average molecular weight is 393 g/mol. The van der Waals surface area contributed by atoms with Crippen LogP contribution in [0.5, 0.6) is 11.5 Å². The van der Waals surface area contributed by atoms with Crippen molar-refractivity contribution in [3.8, 4) is 11.5 Å². The SMILES string of the molecule is COc1ccc(NC(=O)COC(=O)c2ccc(OCC(N)=O)cc2)cc1Cl. The van der Waals surface area contributed by atoms with Gasteiger partial charge >= 0.3 is 5.97 Å². The zero-order chi connectivity index (χ0) is 19.8. The number of rotatable bonds is 8. The summed E-state index contributed by atoms with van der Waals surface area (Å²) in [6, 6.07) is 10.6. The van der Waals surface area contributed by atoms with Crippen molar-refractivity contribution < 1.29 is 28.6 Å². The Morgan fingerprint density at radius 1 is 1.07 bits per heavy atom. The van der Waals surface area contributed by atoms with Crippen LogP contribution in [0.25, 0.3) is 0 Å². The summed E-state index contributed by atoms with van der Waals surface area (Å²) >= 11 is 5.98. The summed E-state index contributed by atoms with van der Waals surface area (Å²) < 4.78 is 15.1. The molecule has 0 aromatic heterocycles. The first-order valence-electron chi connectivity index (χ1n) is 7.70. The molecule has 0 aliphatic carbocycles. The van der Waals surface area contributed by atoms with Crippen molar-refractivity contribution in [2.45, 2.75) is 0 Å². The normalized spacial score (nSPS) is 10.0. The molecule has 8 nitrogen and oxygen atoms in total. The zero-order valence-corrected chi connectivity index (χ0v) is 15.1. The third-order valence-electron chi connectivity index (χ3n) is 3.24. The number of amides is 2. The molecule has 0 heterocycles. The van der Waals surface area contributed by atoms with Crippen LogP contribution in [0, 0.1) is 0 Å². The number of nitrogens with one attached hydrogen (secondary N) is 1. The predicted octanol–water partition coefficient (Wildman–Crippen LogP) is 2.01. The Labute approximate surface area is 160 Å². The van der Waals surface area contributed by atoms with Crippen LogP contribution < -0.4 is 20.5 Å². The summed E-state index contributed by atoms with van der Waals surface area (Å²) in [7, 11) is 1.48. The number of benzene rings is 2. The van der Waals surface area contributed by atoms with Crippen molar-refractivity contribution in [1.29, 1.82) is 0 Å². The first-order valence-corrected chi connectivity index (χ1v) is 8.08. The molecule has 0 spiro atoms. The smallest absolute Gasteiger partial charge is 0.338 e. The lowest BCUT2D eigenvalue weighted by Crippen LogP contribution is -2.21. The van der Waals surface area contributed by atoms with Crippen LogP contribution in [0.1, 0.15) is 10.4 Å². The van der Waals surface area contributed by atoms with Gasteiger partial charge in [0.15, 0.2) is 13.2 Å². The minimum absolute atomic E-state index is 0.224. The molecule has 3 N–H and O–H groups in total. The molecular weight excluding hydrogens is 376 g/mol. The van der Waals surface area contributed by atoms with Gasteiger partial charge in [0.1, 0.15) is 11.5 Å². The maximum Gasteiger partial charge on any atom is 0.338 e. The summed E-state index contributed by atoms with van der Waals surface area (Å²) in [5.74, 6) is -0.961. The number of carbonyl (C=O) groups is 3. The first-order chi connectivity index (χ1) is 12.9. The van der Waals surface area contributed by atoms with E-state index in [1.54, 1.807) is 12.1 Å². The third-order valence-corrected chi connectivity index (χ3v) is 3.54. The summed E-state index contributed by atoms with van der Waals surface area (Å²) in [4.78, 5) is 34.5. The Bertz CT molecular complexity index is 838. The molecule has 9 heteroatoms. The van der Waals surface area contributed by atoms with Crippen LogP contribution in [0.15, 0.2) is 42.5 Å². The van der Waals surface area contributed by atoms with Crippen molar-refractivity contribution in [3.63, 3.8) is 0 Å². The molecule has 0 saturated carbocycles. The standard InChI is InChI=1S/C18H17ClN2O6/c1-25-15-7-4-12(8-14(15)19)21-17(23)10-27-18(24)11-2-5-13(6-3-11)26-9-16(20)22/h2-8H,9-10H2,1H3,(H2,20,22)(H,21,23). The fourth-order valence-corrected chi connectivity index (χ4v) is 2.26. The van der Waals surface area contributed by atoms with E-state index in [0.717, 1.165) is 0 Å². The molecule has 0 fully saturated rings. The number of hydrogen-bond donors (Lipinski definition) is 2. The molecule has 2 rings (SSSR count). The van der Waals surface area contributed by atoms with Crippen LogP contribution in [0.4, 0.5) is 5.69 Å². The van der Waals surface area contributed by atoms with Gasteiger partial charge in [-0.1, -0.05) is 11.6 Å². The van der Waals surface area contributed by atoms with Crippen LogP contribution in [0.3, 0.4) is 0 Å². The van der Waals surface area contributed by atoms with Crippen LogP contribution in [0.2, 0.25) is 5.02 Å². The van der Waals surface area contributed by atoms with Crippen LogP contribution in [-0.2, 0) is 14.3 Å². The summed E-state index contributed by atoms with van der Waals surface area (Å²) in [5.41, 5.74) is 5.64. The van der Waals surface area contributed by atoms with Gasteiger partial charge in [-0.25, -0.2) is 4.79 Å². The number of ether oxygens (including phenoxy) is 3. The van der Waals surface area contributed by atoms with Gasteiger partial charge in [-0.3, -0.25) is 9.59 Å². The van der Waals surface area contributed by atoms with Gasteiger partial charge in [-0.15, -0.1) is 0 Å². The molecule has 0 bridgehead atoms. The third kappa shape index (κ3) is 6.19. The number of halogens is 1. The fourth-order valence-electron chi connectivity index (χ4n) is 2.00. The Balaban J connectivity index is 1.84. The molecule has 2 amide bonds. The lowest BCUT2D eigenvalue weighted by molar-refractivity contribution is -0.120. The summed E-state index contributed by atoms with van der Waals surface area (Å²) in [6.45, 7) is -0.734. The van der Waals surface area contributed by atoms with Gasteiger partial charge in [0.2, 0.25) is 0 Å². The Kier molecular flexibility index (Phi) is 7.01. The Morgan fingerprint density at radius 2 is 1.78 bits per heavy atom. The quantitative estimate of drug-likeness (QED) is 0.663. The maximum atomic E-state index is 12.0. The summed E-state index contributed by atoms with van der Waals surface area (Å²) in [6.07, 6.45) is 0. The highest BCUT2D eigenvalue weighted by Gasteiger charge is 2.11. The van der Waals surface area contributed by atoms with E-state index in [4.69, 9.17) is 31.5 Å². The highest BCUT2D eigenvalue weighted by atomic mass is 35.5. The average Bonchev–Trinajstić information content (AvgIpc) is 2.65. The van der Waals surface area contributed by atoms with Crippen molar-refractivity contribution in [1.82, 2.24) is 0 Å². The van der Waals surface area contributed by atoms with Gasteiger partial charge in [0.25, 0.3) is 11.8 Å². The fraction of sp³-hybridized carbons (Fsp3) is 0.167. The largest absolute Gasteiger partial charge is 0.495 e. The second-order valence-corrected chi connectivity index (χ2v) is 5.66. The van der Waals surface area contributed by atoms with Gasteiger partial charge < -0.3 is 25.3 Å². The van der Waals surface area contributed by atoms with E-state index < -0.39 is 24.4 Å². The predicted molar refractivity (Wildman–Crippen MR) is 98.0 cm³/mol. The second kappa shape index (κ2) is 9.44. The second-order valence-electron chi connectivity index (χ2n) is 5.25. The first kappa shape index (κ1) is 20.1. The van der Waals surface area contributed by atoms with Gasteiger partial charge in [-0.05, 0) is 42.5 Å². The molecule has 0 saturated heterocycles. The highest BCUT2D eigenvalue weighted by Crippen LogP contribution is 2.27.